The summed E-state index contributed by atoms with van der Waals surface area (Å²) >= 11 is 1.72. The molecule has 0 spiro atoms. The summed E-state index contributed by atoms with van der Waals surface area (Å²) in [4.78, 5) is 17.4. The van der Waals surface area contributed by atoms with Crippen molar-refractivity contribution in [3.8, 4) is 0 Å². The molecule has 2 aromatic rings. The topological polar surface area (TPSA) is 23.6 Å². The van der Waals surface area contributed by atoms with E-state index in [0.29, 0.717) is 13.1 Å². The molecule has 0 saturated heterocycles. The molecule has 2 aromatic carbocycles. The van der Waals surface area contributed by atoms with Gasteiger partial charge in [-0.05, 0) is 36.6 Å². The van der Waals surface area contributed by atoms with E-state index in [1.54, 1.807) is 16.7 Å². The monoisotopic (exact) mass is 328 g/mol. The first kappa shape index (κ1) is 17.6. The molecule has 0 atom stereocenters. The van der Waals surface area contributed by atoms with Gasteiger partial charge < -0.3 is 4.90 Å². The summed E-state index contributed by atoms with van der Waals surface area (Å²) in [5.41, 5.74) is 2.38. The van der Waals surface area contributed by atoms with Crippen molar-refractivity contribution in [1.82, 2.24) is 9.80 Å². The second-order valence-electron chi connectivity index (χ2n) is 5.76. The van der Waals surface area contributed by atoms with E-state index in [9.17, 15) is 4.79 Å². The standard InChI is InChI=1S/C19H24N2OS/c1-20(13-16-7-5-4-6-8-16)15-19(22)21(2)14-17-9-11-18(23-3)12-10-17/h4-12H,13-15H2,1-3H3. The molecule has 0 aliphatic heterocycles. The molecule has 0 N–H and O–H groups in total. The van der Waals surface area contributed by atoms with E-state index in [0.717, 1.165) is 12.1 Å². The Kier molecular flexibility index (Phi) is 6.68. The van der Waals surface area contributed by atoms with Gasteiger partial charge in [0.05, 0.1) is 6.54 Å². The molecule has 0 saturated carbocycles. The van der Waals surface area contributed by atoms with Crippen LogP contribution in [0.1, 0.15) is 11.1 Å². The molecular weight excluding hydrogens is 304 g/mol. The molecule has 4 heteroatoms. The van der Waals surface area contributed by atoms with Crippen LogP contribution in [0.3, 0.4) is 0 Å². The highest BCUT2D eigenvalue weighted by atomic mass is 32.2. The van der Waals surface area contributed by atoms with Crippen LogP contribution in [0.25, 0.3) is 0 Å². The number of likely N-dealkylation sites (N-methyl/N-ethyl adjacent to an activating group) is 2. The Bertz CT molecular complexity index is 613. The van der Waals surface area contributed by atoms with E-state index in [1.807, 2.05) is 37.2 Å². The van der Waals surface area contributed by atoms with Gasteiger partial charge in [-0.15, -0.1) is 11.8 Å². The van der Waals surface area contributed by atoms with Crippen molar-refractivity contribution < 1.29 is 4.79 Å². The SMILES string of the molecule is CSc1ccc(CN(C)C(=O)CN(C)Cc2ccccc2)cc1. The van der Waals surface area contributed by atoms with Crippen LogP contribution in [0.4, 0.5) is 0 Å². The third-order valence-electron chi connectivity index (χ3n) is 3.71. The van der Waals surface area contributed by atoms with Crippen molar-refractivity contribution in [1.29, 1.82) is 0 Å². The zero-order chi connectivity index (χ0) is 16.7. The van der Waals surface area contributed by atoms with Gasteiger partial charge >= 0.3 is 0 Å². The molecule has 0 fully saturated rings. The summed E-state index contributed by atoms with van der Waals surface area (Å²) in [6, 6.07) is 18.6. The third-order valence-corrected chi connectivity index (χ3v) is 4.45. The Morgan fingerprint density at radius 3 is 2.13 bits per heavy atom. The predicted molar refractivity (Wildman–Crippen MR) is 97.5 cm³/mol. The lowest BCUT2D eigenvalue weighted by Crippen LogP contribution is -2.36. The fourth-order valence-electron chi connectivity index (χ4n) is 2.40. The smallest absolute Gasteiger partial charge is 0.236 e. The summed E-state index contributed by atoms with van der Waals surface area (Å²) in [7, 11) is 3.84. The molecule has 23 heavy (non-hydrogen) atoms. The molecule has 0 heterocycles. The maximum atomic E-state index is 12.4. The van der Waals surface area contributed by atoms with Crippen molar-refractivity contribution in [2.75, 3.05) is 26.9 Å². The molecule has 0 aliphatic rings. The minimum absolute atomic E-state index is 0.136. The fraction of sp³-hybridized carbons (Fsp3) is 0.316. The minimum atomic E-state index is 0.136. The maximum Gasteiger partial charge on any atom is 0.236 e. The van der Waals surface area contributed by atoms with Gasteiger partial charge in [-0.3, -0.25) is 9.69 Å². The molecule has 0 aromatic heterocycles. The lowest BCUT2D eigenvalue weighted by Gasteiger charge is -2.22. The van der Waals surface area contributed by atoms with Crippen molar-refractivity contribution in [3.63, 3.8) is 0 Å². The van der Waals surface area contributed by atoms with Crippen LogP contribution in [0.15, 0.2) is 59.5 Å². The third kappa shape index (κ3) is 5.73. The van der Waals surface area contributed by atoms with Crippen LogP contribution in [-0.4, -0.2) is 42.6 Å². The molecule has 0 bridgehead atoms. The zero-order valence-corrected chi connectivity index (χ0v) is 14.8. The van der Waals surface area contributed by atoms with Gasteiger partial charge in [0.1, 0.15) is 0 Å². The van der Waals surface area contributed by atoms with E-state index in [2.05, 4.69) is 42.7 Å². The second kappa shape index (κ2) is 8.75. The minimum Gasteiger partial charge on any atom is -0.340 e. The molecule has 2 rings (SSSR count). The highest BCUT2D eigenvalue weighted by Crippen LogP contribution is 2.15. The number of amides is 1. The highest BCUT2D eigenvalue weighted by molar-refractivity contribution is 7.98. The number of thioether (sulfide) groups is 1. The van der Waals surface area contributed by atoms with Gasteiger partial charge in [0.15, 0.2) is 0 Å². The van der Waals surface area contributed by atoms with E-state index in [-0.39, 0.29) is 5.91 Å². The van der Waals surface area contributed by atoms with E-state index in [4.69, 9.17) is 0 Å². The number of benzene rings is 2. The zero-order valence-electron chi connectivity index (χ0n) is 14.0. The Labute approximate surface area is 143 Å². The van der Waals surface area contributed by atoms with Gasteiger partial charge in [-0.1, -0.05) is 42.5 Å². The second-order valence-corrected chi connectivity index (χ2v) is 6.64. The first-order valence-electron chi connectivity index (χ1n) is 7.68. The number of hydrogen-bond donors (Lipinski definition) is 0. The van der Waals surface area contributed by atoms with Crippen LogP contribution < -0.4 is 0 Å². The summed E-state index contributed by atoms with van der Waals surface area (Å²) in [5.74, 6) is 0.136. The van der Waals surface area contributed by atoms with Crippen molar-refractivity contribution in [2.24, 2.45) is 0 Å². The summed E-state index contributed by atoms with van der Waals surface area (Å²) in [6.07, 6.45) is 2.06. The molecule has 0 radical (unpaired) electrons. The highest BCUT2D eigenvalue weighted by Gasteiger charge is 2.12. The summed E-state index contributed by atoms with van der Waals surface area (Å²) in [5, 5.41) is 0. The Morgan fingerprint density at radius 1 is 0.913 bits per heavy atom. The molecule has 0 unspecified atom stereocenters. The Balaban J connectivity index is 1.84. The van der Waals surface area contributed by atoms with E-state index < -0.39 is 0 Å². The van der Waals surface area contributed by atoms with Crippen LogP contribution in [-0.2, 0) is 17.9 Å². The first-order valence-corrected chi connectivity index (χ1v) is 8.90. The van der Waals surface area contributed by atoms with E-state index in [1.165, 1.54) is 10.5 Å². The van der Waals surface area contributed by atoms with Crippen molar-refractivity contribution in [2.45, 2.75) is 18.0 Å². The number of nitrogens with zero attached hydrogens (tertiary/aromatic N) is 2. The van der Waals surface area contributed by atoms with Crippen LogP contribution in [0, 0.1) is 0 Å². The molecular formula is C19H24N2OS. The number of carbonyl (C=O) groups is 1. The molecule has 122 valence electrons. The van der Waals surface area contributed by atoms with Crippen molar-refractivity contribution >= 4 is 17.7 Å². The Morgan fingerprint density at radius 2 is 1.52 bits per heavy atom. The Hall–Kier alpha value is -1.78. The van der Waals surface area contributed by atoms with Gasteiger partial charge in [0.25, 0.3) is 0 Å². The first-order chi connectivity index (χ1) is 11.1. The van der Waals surface area contributed by atoms with E-state index >= 15 is 0 Å². The molecule has 1 amide bonds. The lowest BCUT2D eigenvalue weighted by molar-refractivity contribution is -0.131. The van der Waals surface area contributed by atoms with Gasteiger partial charge in [-0.25, -0.2) is 0 Å². The number of rotatable bonds is 7. The predicted octanol–water partition coefficient (Wildman–Crippen LogP) is 3.50. The van der Waals surface area contributed by atoms with Crippen LogP contribution in [0.5, 0.6) is 0 Å². The maximum absolute atomic E-state index is 12.4. The van der Waals surface area contributed by atoms with Crippen molar-refractivity contribution in [3.05, 3.63) is 65.7 Å². The molecule has 0 aliphatic carbocycles. The van der Waals surface area contributed by atoms with Gasteiger partial charge in [0.2, 0.25) is 5.91 Å². The number of hydrogen-bond acceptors (Lipinski definition) is 3. The quantitative estimate of drug-likeness (QED) is 0.727. The molecule has 3 nitrogen and oxygen atoms in total. The lowest BCUT2D eigenvalue weighted by atomic mass is 10.2. The van der Waals surface area contributed by atoms with Crippen LogP contribution in [0.2, 0.25) is 0 Å². The largest absolute Gasteiger partial charge is 0.340 e. The fourth-order valence-corrected chi connectivity index (χ4v) is 2.80. The summed E-state index contributed by atoms with van der Waals surface area (Å²) in [6.45, 7) is 1.85. The summed E-state index contributed by atoms with van der Waals surface area (Å²) < 4.78 is 0. The van der Waals surface area contributed by atoms with Gasteiger partial charge in [-0.2, -0.15) is 0 Å². The average Bonchev–Trinajstić information content (AvgIpc) is 2.56. The normalized spacial score (nSPS) is 10.8. The van der Waals surface area contributed by atoms with Crippen LogP contribution >= 0.6 is 11.8 Å². The van der Waals surface area contributed by atoms with Gasteiger partial charge in [0, 0.05) is 25.0 Å². The average molecular weight is 328 g/mol. The number of carbonyl (C=O) groups excluding carboxylic acids is 1.